The number of carbonyl (C=O) groups excluding carboxylic acids is 2. The van der Waals surface area contributed by atoms with Crippen molar-refractivity contribution in [1.82, 2.24) is 9.80 Å². The third kappa shape index (κ3) is 4.33. The van der Waals surface area contributed by atoms with Crippen molar-refractivity contribution >= 4 is 23.4 Å². The number of hydrogen-bond acceptors (Lipinski definition) is 3. The number of carbonyl (C=O) groups is 2. The number of benzene rings is 1. The molecule has 0 radical (unpaired) electrons. The fourth-order valence-corrected chi connectivity index (χ4v) is 4.13. The van der Waals surface area contributed by atoms with Crippen LogP contribution in [0, 0.1) is 5.92 Å². The molecule has 1 atom stereocenters. The zero-order valence-electron chi connectivity index (χ0n) is 14.5. The highest BCUT2D eigenvalue weighted by atomic mass is 35.5. The lowest BCUT2D eigenvalue weighted by atomic mass is 9.88. The van der Waals surface area contributed by atoms with Gasteiger partial charge in [-0.25, -0.2) is 0 Å². The normalized spacial score (nSPS) is 21.1. The number of rotatable bonds is 4. The Morgan fingerprint density at radius 2 is 1.60 bits per heavy atom. The van der Waals surface area contributed by atoms with Gasteiger partial charge in [0.25, 0.3) is 0 Å². The summed E-state index contributed by atoms with van der Waals surface area (Å²) < 4.78 is 0. The van der Waals surface area contributed by atoms with Crippen LogP contribution in [-0.4, -0.2) is 47.8 Å². The van der Waals surface area contributed by atoms with Crippen LogP contribution in [-0.2, 0) is 9.59 Å². The number of amides is 2. The van der Waals surface area contributed by atoms with E-state index in [1.807, 2.05) is 17.0 Å². The third-order valence-electron chi connectivity index (χ3n) is 5.40. The van der Waals surface area contributed by atoms with Crippen LogP contribution in [0.3, 0.4) is 0 Å². The molecule has 0 aromatic heterocycles. The first-order chi connectivity index (χ1) is 12.1. The van der Waals surface area contributed by atoms with E-state index in [4.69, 9.17) is 17.3 Å². The zero-order chi connectivity index (χ0) is 17.8. The Morgan fingerprint density at radius 3 is 2.16 bits per heavy atom. The Bertz CT molecular complexity index is 606. The standard InChI is InChI=1S/C19H26ClN3O2/c20-16-8-6-14(7-9-16)17(18(21)24)22-10-12-23(13-11-22)19(25)15-4-2-1-3-5-15/h6-9,15,17H,1-5,10-13H2,(H2,21,24)/t17-/m1/s1. The van der Waals surface area contributed by atoms with Gasteiger partial charge in [0, 0.05) is 37.1 Å². The summed E-state index contributed by atoms with van der Waals surface area (Å²) in [4.78, 5) is 28.7. The summed E-state index contributed by atoms with van der Waals surface area (Å²) in [6.45, 7) is 2.64. The van der Waals surface area contributed by atoms with E-state index >= 15 is 0 Å². The van der Waals surface area contributed by atoms with Gasteiger partial charge in [-0.15, -0.1) is 0 Å². The van der Waals surface area contributed by atoms with Gasteiger partial charge in [-0.2, -0.15) is 0 Å². The molecule has 1 aliphatic carbocycles. The van der Waals surface area contributed by atoms with Gasteiger partial charge in [0.1, 0.15) is 6.04 Å². The van der Waals surface area contributed by atoms with Crippen molar-refractivity contribution in [2.75, 3.05) is 26.2 Å². The lowest BCUT2D eigenvalue weighted by molar-refractivity contribution is -0.139. The average molecular weight is 364 g/mol. The average Bonchev–Trinajstić information content (AvgIpc) is 2.64. The maximum Gasteiger partial charge on any atom is 0.239 e. The van der Waals surface area contributed by atoms with Crippen LogP contribution in [0.1, 0.15) is 43.7 Å². The van der Waals surface area contributed by atoms with E-state index in [0.29, 0.717) is 37.1 Å². The first-order valence-electron chi connectivity index (χ1n) is 9.14. The van der Waals surface area contributed by atoms with Crippen LogP contribution in [0.25, 0.3) is 0 Å². The molecular formula is C19H26ClN3O2. The summed E-state index contributed by atoms with van der Waals surface area (Å²) >= 11 is 5.94. The summed E-state index contributed by atoms with van der Waals surface area (Å²) in [5.74, 6) is 0.124. The molecule has 6 heteroatoms. The molecule has 1 heterocycles. The summed E-state index contributed by atoms with van der Waals surface area (Å²) in [7, 11) is 0. The van der Waals surface area contributed by atoms with E-state index < -0.39 is 6.04 Å². The van der Waals surface area contributed by atoms with Gasteiger partial charge in [0.15, 0.2) is 0 Å². The molecule has 2 fully saturated rings. The highest BCUT2D eigenvalue weighted by Gasteiger charge is 2.32. The molecular weight excluding hydrogens is 338 g/mol. The van der Waals surface area contributed by atoms with E-state index in [0.717, 1.165) is 31.2 Å². The van der Waals surface area contributed by atoms with E-state index in [2.05, 4.69) is 4.90 Å². The van der Waals surface area contributed by atoms with Crippen molar-refractivity contribution in [3.05, 3.63) is 34.9 Å². The molecule has 0 unspecified atom stereocenters. The Kier molecular flexibility index (Phi) is 5.97. The first kappa shape index (κ1) is 18.2. The van der Waals surface area contributed by atoms with Gasteiger partial charge >= 0.3 is 0 Å². The summed E-state index contributed by atoms with van der Waals surface area (Å²) in [6.07, 6.45) is 5.62. The molecule has 5 nitrogen and oxygen atoms in total. The van der Waals surface area contributed by atoms with Gasteiger partial charge < -0.3 is 10.6 Å². The second-order valence-corrected chi connectivity index (χ2v) is 7.49. The second-order valence-electron chi connectivity index (χ2n) is 7.05. The number of nitrogens with two attached hydrogens (primary N) is 1. The van der Waals surface area contributed by atoms with E-state index in [-0.39, 0.29) is 11.8 Å². The number of primary amides is 1. The molecule has 0 spiro atoms. The number of hydrogen-bond donors (Lipinski definition) is 1. The van der Waals surface area contributed by atoms with Gasteiger partial charge in [-0.3, -0.25) is 14.5 Å². The molecule has 3 rings (SSSR count). The Labute approximate surface area is 154 Å². The van der Waals surface area contributed by atoms with Crippen LogP contribution >= 0.6 is 11.6 Å². The highest BCUT2D eigenvalue weighted by molar-refractivity contribution is 6.30. The maximum absolute atomic E-state index is 12.7. The Balaban J connectivity index is 1.62. The van der Waals surface area contributed by atoms with Crippen LogP contribution in [0.4, 0.5) is 0 Å². The van der Waals surface area contributed by atoms with Crippen molar-refractivity contribution in [3.63, 3.8) is 0 Å². The predicted octanol–water partition coefficient (Wildman–Crippen LogP) is 2.59. The number of halogens is 1. The minimum atomic E-state index is -0.468. The molecule has 2 N–H and O–H groups in total. The molecule has 1 aromatic rings. The van der Waals surface area contributed by atoms with Crippen molar-refractivity contribution in [1.29, 1.82) is 0 Å². The predicted molar refractivity (Wildman–Crippen MR) is 98.1 cm³/mol. The zero-order valence-corrected chi connectivity index (χ0v) is 15.3. The first-order valence-corrected chi connectivity index (χ1v) is 9.51. The lowest BCUT2D eigenvalue weighted by Crippen LogP contribution is -2.53. The van der Waals surface area contributed by atoms with E-state index in [9.17, 15) is 9.59 Å². The molecule has 0 bridgehead atoms. The van der Waals surface area contributed by atoms with Crippen molar-refractivity contribution in [2.24, 2.45) is 11.7 Å². The highest BCUT2D eigenvalue weighted by Crippen LogP contribution is 2.27. The van der Waals surface area contributed by atoms with Gasteiger partial charge in [-0.1, -0.05) is 43.0 Å². The second kappa shape index (κ2) is 8.19. The topological polar surface area (TPSA) is 66.6 Å². The van der Waals surface area contributed by atoms with Gasteiger partial charge in [0.05, 0.1) is 0 Å². The number of nitrogens with zero attached hydrogens (tertiary/aromatic N) is 2. The Hall–Kier alpha value is -1.59. The third-order valence-corrected chi connectivity index (χ3v) is 5.65. The monoisotopic (exact) mass is 363 g/mol. The molecule has 1 saturated carbocycles. The van der Waals surface area contributed by atoms with Crippen LogP contribution in [0.15, 0.2) is 24.3 Å². The van der Waals surface area contributed by atoms with Crippen molar-refractivity contribution in [3.8, 4) is 0 Å². The molecule has 136 valence electrons. The van der Waals surface area contributed by atoms with Crippen LogP contribution in [0.5, 0.6) is 0 Å². The molecule has 2 amide bonds. The molecule has 2 aliphatic rings. The minimum Gasteiger partial charge on any atom is -0.368 e. The fourth-order valence-electron chi connectivity index (χ4n) is 4.01. The van der Waals surface area contributed by atoms with Gasteiger partial charge in [-0.05, 0) is 30.5 Å². The minimum absolute atomic E-state index is 0.198. The van der Waals surface area contributed by atoms with E-state index in [1.54, 1.807) is 12.1 Å². The number of piperazine rings is 1. The fraction of sp³-hybridized carbons (Fsp3) is 0.579. The summed E-state index contributed by atoms with van der Waals surface area (Å²) in [5.41, 5.74) is 6.51. The quantitative estimate of drug-likeness (QED) is 0.894. The van der Waals surface area contributed by atoms with Crippen LogP contribution < -0.4 is 5.73 Å². The maximum atomic E-state index is 12.7. The lowest BCUT2D eigenvalue weighted by Gasteiger charge is -2.39. The SMILES string of the molecule is NC(=O)[C@@H](c1ccc(Cl)cc1)N1CCN(C(=O)C2CCCCC2)CC1. The van der Waals surface area contributed by atoms with Crippen molar-refractivity contribution < 1.29 is 9.59 Å². The smallest absolute Gasteiger partial charge is 0.239 e. The van der Waals surface area contributed by atoms with Crippen molar-refractivity contribution in [2.45, 2.75) is 38.1 Å². The van der Waals surface area contributed by atoms with Crippen LogP contribution in [0.2, 0.25) is 5.02 Å². The molecule has 1 aromatic carbocycles. The largest absolute Gasteiger partial charge is 0.368 e. The molecule has 1 aliphatic heterocycles. The molecule has 1 saturated heterocycles. The Morgan fingerprint density at radius 1 is 1.00 bits per heavy atom. The summed E-state index contributed by atoms with van der Waals surface area (Å²) in [5, 5.41) is 0.634. The van der Waals surface area contributed by atoms with Gasteiger partial charge in [0.2, 0.25) is 11.8 Å². The molecule has 25 heavy (non-hydrogen) atoms. The summed E-state index contributed by atoms with van der Waals surface area (Å²) in [6, 6.07) is 6.77. The van der Waals surface area contributed by atoms with E-state index in [1.165, 1.54) is 6.42 Å².